The first-order chi connectivity index (χ1) is 16.5. The molecule has 1 unspecified atom stereocenters. The van der Waals surface area contributed by atoms with Gasteiger partial charge in [-0.3, -0.25) is 14.9 Å². The molecule has 1 N–H and O–H groups in total. The van der Waals surface area contributed by atoms with Gasteiger partial charge in [-0.1, -0.05) is 17.7 Å². The van der Waals surface area contributed by atoms with E-state index in [2.05, 4.69) is 27.3 Å². The van der Waals surface area contributed by atoms with Crippen LogP contribution in [-0.2, 0) is 11.2 Å². The van der Waals surface area contributed by atoms with Gasteiger partial charge < -0.3 is 14.5 Å². The lowest BCUT2D eigenvalue weighted by atomic mass is 10.1. The van der Waals surface area contributed by atoms with E-state index in [0.29, 0.717) is 23.8 Å². The van der Waals surface area contributed by atoms with Crippen LogP contribution in [0.25, 0.3) is 0 Å². The minimum absolute atomic E-state index is 0.148. The van der Waals surface area contributed by atoms with E-state index in [4.69, 9.17) is 4.74 Å². The third-order valence-corrected chi connectivity index (χ3v) is 7.63. The van der Waals surface area contributed by atoms with E-state index < -0.39 is 0 Å². The van der Waals surface area contributed by atoms with Crippen LogP contribution in [0.15, 0.2) is 48.5 Å². The first kappa shape index (κ1) is 22.4. The number of methoxy groups -OCH3 is 1. The smallest absolute Gasteiger partial charge is 0.257 e. The molecule has 1 saturated heterocycles. The Balaban J connectivity index is 1.21. The molecule has 176 valence electrons. The Kier molecular flexibility index (Phi) is 6.24. The molecule has 5 rings (SSSR count). The summed E-state index contributed by atoms with van der Waals surface area (Å²) in [5.74, 6) is 0.593. The van der Waals surface area contributed by atoms with Crippen molar-refractivity contribution in [1.82, 2.24) is 9.88 Å². The Hall–Kier alpha value is -3.39. The zero-order valence-corrected chi connectivity index (χ0v) is 20.2. The van der Waals surface area contributed by atoms with Gasteiger partial charge in [0.25, 0.3) is 5.91 Å². The normalized spacial score (nSPS) is 17.4. The second-order valence-electron chi connectivity index (χ2n) is 8.75. The van der Waals surface area contributed by atoms with Crippen molar-refractivity contribution < 1.29 is 14.3 Å². The number of fused-ring (bicyclic) bond motifs is 1. The molecule has 2 heterocycles. The predicted molar refractivity (Wildman–Crippen MR) is 134 cm³/mol. The van der Waals surface area contributed by atoms with Crippen molar-refractivity contribution in [3.63, 3.8) is 0 Å². The van der Waals surface area contributed by atoms with Crippen molar-refractivity contribution in [2.75, 3.05) is 43.5 Å². The molecule has 34 heavy (non-hydrogen) atoms. The molecule has 0 bridgehead atoms. The van der Waals surface area contributed by atoms with E-state index in [9.17, 15) is 9.59 Å². The maximum atomic E-state index is 13.3. The summed E-state index contributed by atoms with van der Waals surface area (Å²) >= 11 is 1.48. The van der Waals surface area contributed by atoms with E-state index >= 15 is 0 Å². The molecule has 2 amide bonds. The molecule has 7 nitrogen and oxygen atoms in total. The Morgan fingerprint density at radius 2 is 1.74 bits per heavy atom. The van der Waals surface area contributed by atoms with Crippen molar-refractivity contribution in [1.29, 1.82) is 0 Å². The average Bonchev–Trinajstić information content (AvgIpc) is 3.44. The standard InChI is InChI=1S/C26H28N4O3S/c1-17-3-5-18(6-4-17)24(31)28-26-27-23-21(11-12-22(23)34-26)25(32)30-15-13-29(14-16-30)19-7-9-20(33-2)10-8-19/h3-10,21H,11-16H2,1-2H3,(H,27,28,31). The Bertz CT molecular complexity index is 1180. The van der Waals surface area contributed by atoms with Crippen LogP contribution in [0, 0.1) is 6.92 Å². The fraction of sp³-hybridized carbons (Fsp3) is 0.346. The van der Waals surface area contributed by atoms with Gasteiger partial charge >= 0.3 is 0 Å². The number of hydrogen-bond acceptors (Lipinski definition) is 6. The van der Waals surface area contributed by atoms with Gasteiger partial charge in [0.2, 0.25) is 5.91 Å². The number of aromatic nitrogens is 1. The van der Waals surface area contributed by atoms with Gasteiger partial charge in [-0.25, -0.2) is 4.98 Å². The third kappa shape index (κ3) is 4.50. The summed E-state index contributed by atoms with van der Waals surface area (Å²) < 4.78 is 5.24. The number of aryl methyl sites for hydroxylation is 2. The number of benzene rings is 2. The van der Waals surface area contributed by atoms with Gasteiger partial charge in [-0.05, 0) is 56.2 Å². The van der Waals surface area contributed by atoms with Crippen LogP contribution >= 0.6 is 11.3 Å². The quantitative estimate of drug-likeness (QED) is 0.600. The second kappa shape index (κ2) is 9.46. The zero-order valence-electron chi connectivity index (χ0n) is 19.4. The summed E-state index contributed by atoms with van der Waals surface area (Å²) in [5.41, 5.74) is 3.69. The maximum Gasteiger partial charge on any atom is 0.257 e. The number of thiazole rings is 1. The minimum atomic E-state index is -0.219. The van der Waals surface area contributed by atoms with Gasteiger partial charge in [0.1, 0.15) is 5.75 Å². The molecule has 1 aliphatic carbocycles. The zero-order chi connectivity index (χ0) is 23.7. The Morgan fingerprint density at radius 3 is 2.41 bits per heavy atom. The first-order valence-electron chi connectivity index (χ1n) is 11.6. The van der Waals surface area contributed by atoms with Crippen LogP contribution in [0.4, 0.5) is 10.8 Å². The van der Waals surface area contributed by atoms with Crippen molar-refractivity contribution in [2.24, 2.45) is 0 Å². The van der Waals surface area contributed by atoms with Crippen molar-refractivity contribution in [3.05, 3.63) is 70.2 Å². The number of nitrogens with zero attached hydrogens (tertiary/aromatic N) is 3. The molecule has 1 aromatic heterocycles. The van der Waals surface area contributed by atoms with Gasteiger partial charge in [0.05, 0.1) is 18.7 Å². The summed E-state index contributed by atoms with van der Waals surface area (Å²) in [6.45, 7) is 4.97. The van der Waals surface area contributed by atoms with E-state index in [1.54, 1.807) is 7.11 Å². The van der Waals surface area contributed by atoms with Crippen LogP contribution in [0.3, 0.4) is 0 Å². The second-order valence-corrected chi connectivity index (χ2v) is 9.83. The van der Waals surface area contributed by atoms with E-state index in [1.807, 2.05) is 48.2 Å². The van der Waals surface area contributed by atoms with Crippen LogP contribution in [0.1, 0.15) is 38.8 Å². The predicted octanol–water partition coefficient (Wildman–Crippen LogP) is 4.09. The van der Waals surface area contributed by atoms with Gasteiger partial charge in [0.15, 0.2) is 5.13 Å². The SMILES string of the molecule is COc1ccc(N2CCN(C(=O)C3CCc4sc(NC(=O)c5ccc(C)cc5)nc43)CC2)cc1. The molecular weight excluding hydrogens is 448 g/mol. The molecule has 2 aromatic carbocycles. The van der Waals surface area contributed by atoms with Crippen LogP contribution in [-0.4, -0.2) is 55.0 Å². The highest BCUT2D eigenvalue weighted by atomic mass is 32.1. The number of nitrogens with one attached hydrogen (secondary N) is 1. The number of ether oxygens (including phenoxy) is 1. The lowest BCUT2D eigenvalue weighted by molar-refractivity contribution is -0.133. The third-order valence-electron chi connectivity index (χ3n) is 6.58. The molecule has 3 aromatic rings. The number of anilines is 2. The van der Waals surface area contributed by atoms with Crippen LogP contribution in [0.5, 0.6) is 5.75 Å². The number of piperazine rings is 1. The highest BCUT2D eigenvalue weighted by molar-refractivity contribution is 7.16. The van der Waals surface area contributed by atoms with Gasteiger partial charge in [0, 0.05) is 42.3 Å². The Morgan fingerprint density at radius 1 is 1.03 bits per heavy atom. The van der Waals surface area contributed by atoms with Crippen molar-refractivity contribution in [3.8, 4) is 5.75 Å². The van der Waals surface area contributed by atoms with Crippen molar-refractivity contribution in [2.45, 2.75) is 25.7 Å². The maximum absolute atomic E-state index is 13.3. The molecule has 0 saturated carbocycles. The summed E-state index contributed by atoms with van der Waals surface area (Å²) in [6, 6.07) is 15.5. The van der Waals surface area contributed by atoms with Gasteiger partial charge in [-0.15, -0.1) is 11.3 Å². The molecule has 8 heteroatoms. The first-order valence-corrected chi connectivity index (χ1v) is 12.4. The number of amides is 2. The molecule has 0 radical (unpaired) electrons. The molecule has 1 fully saturated rings. The van der Waals surface area contributed by atoms with Crippen LogP contribution in [0.2, 0.25) is 0 Å². The van der Waals surface area contributed by atoms with E-state index in [0.717, 1.165) is 53.5 Å². The molecule has 1 atom stereocenters. The number of hydrogen-bond donors (Lipinski definition) is 1. The number of rotatable bonds is 5. The summed E-state index contributed by atoms with van der Waals surface area (Å²) in [5, 5.41) is 3.47. The summed E-state index contributed by atoms with van der Waals surface area (Å²) in [7, 11) is 1.66. The number of carbonyl (C=O) groups is 2. The fourth-order valence-electron chi connectivity index (χ4n) is 4.59. The van der Waals surface area contributed by atoms with E-state index in [1.165, 1.54) is 11.3 Å². The average molecular weight is 477 g/mol. The van der Waals surface area contributed by atoms with Gasteiger partial charge in [-0.2, -0.15) is 0 Å². The highest BCUT2D eigenvalue weighted by Crippen LogP contribution is 2.39. The van der Waals surface area contributed by atoms with Crippen molar-refractivity contribution >= 4 is 34.0 Å². The molecule has 2 aliphatic rings. The largest absolute Gasteiger partial charge is 0.497 e. The molecule has 0 spiro atoms. The van der Waals surface area contributed by atoms with Crippen LogP contribution < -0.4 is 15.0 Å². The monoisotopic (exact) mass is 476 g/mol. The minimum Gasteiger partial charge on any atom is -0.497 e. The number of carbonyl (C=O) groups excluding carboxylic acids is 2. The lowest BCUT2D eigenvalue weighted by Crippen LogP contribution is -2.50. The summed E-state index contributed by atoms with van der Waals surface area (Å²) in [4.78, 5) is 35.9. The molecular formula is C26H28N4O3S. The molecule has 1 aliphatic heterocycles. The van der Waals surface area contributed by atoms with E-state index in [-0.39, 0.29) is 17.7 Å². The Labute approximate surface area is 203 Å². The highest BCUT2D eigenvalue weighted by Gasteiger charge is 2.36. The lowest BCUT2D eigenvalue weighted by Gasteiger charge is -2.37. The summed E-state index contributed by atoms with van der Waals surface area (Å²) in [6.07, 6.45) is 1.62. The fourth-order valence-corrected chi connectivity index (χ4v) is 5.63. The topological polar surface area (TPSA) is 74.8 Å².